The van der Waals surface area contributed by atoms with Gasteiger partial charge in [0.25, 0.3) is 6.43 Å². The Hall–Kier alpha value is -1.19. The average Bonchev–Trinajstić information content (AvgIpc) is 2.37. The summed E-state index contributed by atoms with van der Waals surface area (Å²) < 4.78 is 24.9. The Kier molecular flexibility index (Phi) is 6.02. The lowest BCUT2D eigenvalue weighted by Gasteiger charge is -2.22. The Bertz CT molecular complexity index is 360. The van der Waals surface area contributed by atoms with Crippen LogP contribution in [0.25, 0.3) is 0 Å². The highest BCUT2D eigenvalue weighted by molar-refractivity contribution is 7.98. The van der Waals surface area contributed by atoms with E-state index in [1.165, 1.54) is 22.7 Å². The number of rotatable bonds is 7. The molecule has 0 aliphatic heterocycles. The number of nitrogen functional groups attached to an aromatic ring is 1. The topological polar surface area (TPSA) is 87.3 Å². The second-order valence-corrected chi connectivity index (χ2v) is 4.08. The number of anilines is 2. The molecule has 1 aromatic rings. The second kappa shape index (κ2) is 7.29. The van der Waals surface area contributed by atoms with E-state index >= 15 is 0 Å². The molecule has 0 fully saturated rings. The smallest absolute Gasteiger partial charge is 0.255 e. The van der Waals surface area contributed by atoms with Crippen molar-refractivity contribution in [3.8, 4) is 0 Å². The van der Waals surface area contributed by atoms with Gasteiger partial charge in [-0.2, -0.15) is 0 Å². The fourth-order valence-corrected chi connectivity index (χ4v) is 1.70. The third-order valence-electron chi connectivity index (χ3n) is 2.07. The van der Waals surface area contributed by atoms with Gasteiger partial charge in [0.1, 0.15) is 11.6 Å². The molecule has 1 rings (SSSR count). The van der Waals surface area contributed by atoms with Crippen LogP contribution in [0.4, 0.5) is 20.4 Å². The Balaban J connectivity index is 3.01. The first-order chi connectivity index (χ1) is 8.60. The summed E-state index contributed by atoms with van der Waals surface area (Å²) in [6.45, 7) is -0.675. The number of halogens is 2. The molecule has 0 saturated heterocycles. The molecule has 6 nitrogen and oxygen atoms in total. The Morgan fingerprint density at radius 1 is 1.56 bits per heavy atom. The van der Waals surface area contributed by atoms with Crippen LogP contribution in [0.2, 0.25) is 0 Å². The molecule has 0 atom stereocenters. The zero-order valence-corrected chi connectivity index (χ0v) is 10.6. The number of nitrogens with one attached hydrogen (secondary N) is 1. The van der Waals surface area contributed by atoms with Crippen LogP contribution in [0.5, 0.6) is 0 Å². The molecular weight excluding hydrogens is 264 g/mol. The minimum Gasteiger partial charge on any atom is -0.395 e. The fourth-order valence-electron chi connectivity index (χ4n) is 1.33. The highest BCUT2D eigenvalue weighted by atomic mass is 32.2. The van der Waals surface area contributed by atoms with Crippen LogP contribution in [-0.2, 0) is 0 Å². The molecule has 0 radical (unpaired) electrons. The van der Waals surface area contributed by atoms with Crippen molar-refractivity contribution < 1.29 is 13.9 Å². The normalized spacial score (nSPS) is 10.8. The van der Waals surface area contributed by atoms with E-state index in [-0.39, 0.29) is 13.2 Å². The van der Waals surface area contributed by atoms with Crippen molar-refractivity contribution in [1.82, 2.24) is 9.97 Å². The van der Waals surface area contributed by atoms with Crippen LogP contribution in [0, 0.1) is 0 Å². The third-order valence-corrected chi connectivity index (χ3v) is 2.62. The van der Waals surface area contributed by atoms with Crippen LogP contribution in [0.3, 0.4) is 0 Å². The van der Waals surface area contributed by atoms with Crippen molar-refractivity contribution in [3.05, 3.63) is 6.07 Å². The maximum atomic E-state index is 12.4. The van der Waals surface area contributed by atoms with Crippen LogP contribution in [-0.4, -0.2) is 47.5 Å². The Morgan fingerprint density at radius 3 is 2.78 bits per heavy atom. The lowest BCUT2D eigenvalue weighted by Crippen LogP contribution is -2.32. The molecular formula is C9H15F2N5OS. The van der Waals surface area contributed by atoms with Crippen LogP contribution in [0.15, 0.2) is 11.2 Å². The molecule has 0 aliphatic carbocycles. The molecule has 0 bridgehead atoms. The van der Waals surface area contributed by atoms with E-state index < -0.39 is 13.0 Å². The van der Waals surface area contributed by atoms with Crippen molar-refractivity contribution >= 4 is 23.4 Å². The molecule has 9 heteroatoms. The summed E-state index contributed by atoms with van der Waals surface area (Å²) in [6.07, 6.45) is -0.748. The highest BCUT2D eigenvalue weighted by Crippen LogP contribution is 2.20. The molecule has 0 unspecified atom stereocenters. The van der Waals surface area contributed by atoms with Gasteiger partial charge in [0.2, 0.25) is 0 Å². The molecule has 4 N–H and O–H groups in total. The first-order valence-electron chi connectivity index (χ1n) is 5.14. The minimum absolute atomic E-state index is 0.0686. The van der Waals surface area contributed by atoms with Gasteiger partial charge in [-0.25, -0.2) is 24.6 Å². The number of thioether (sulfide) groups is 1. The van der Waals surface area contributed by atoms with E-state index in [0.717, 1.165) is 0 Å². The van der Waals surface area contributed by atoms with E-state index in [1.54, 1.807) is 6.26 Å². The number of hydrazine groups is 1. The number of hydrogen-bond donors (Lipinski definition) is 3. The largest absolute Gasteiger partial charge is 0.395 e. The number of nitrogens with zero attached hydrogens (tertiary/aromatic N) is 3. The van der Waals surface area contributed by atoms with Crippen LogP contribution >= 0.6 is 11.8 Å². The van der Waals surface area contributed by atoms with Crippen molar-refractivity contribution in [1.29, 1.82) is 0 Å². The van der Waals surface area contributed by atoms with Gasteiger partial charge in [-0.05, 0) is 6.26 Å². The fraction of sp³-hybridized carbons (Fsp3) is 0.556. The molecule has 1 heterocycles. The van der Waals surface area contributed by atoms with Gasteiger partial charge < -0.3 is 15.4 Å². The van der Waals surface area contributed by atoms with Crippen molar-refractivity contribution in [3.63, 3.8) is 0 Å². The number of aliphatic hydroxyl groups is 1. The van der Waals surface area contributed by atoms with Gasteiger partial charge in [-0.15, -0.1) is 0 Å². The summed E-state index contributed by atoms with van der Waals surface area (Å²) in [5.74, 6) is 5.89. The van der Waals surface area contributed by atoms with Crippen molar-refractivity contribution in [2.24, 2.45) is 5.84 Å². The zero-order valence-electron chi connectivity index (χ0n) is 9.81. The minimum atomic E-state index is -2.52. The number of nitrogens with two attached hydrogens (primary N) is 1. The monoisotopic (exact) mass is 279 g/mol. The molecule has 102 valence electrons. The summed E-state index contributed by atoms with van der Waals surface area (Å²) in [7, 11) is 0. The van der Waals surface area contributed by atoms with E-state index in [4.69, 9.17) is 10.9 Å². The Labute approximate surface area is 108 Å². The SMILES string of the molecule is CSc1nc(NN)cc(N(CCO)CC(F)F)n1. The van der Waals surface area contributed by atoms with Gasteiger partial charge in [0, 0.05) is 12.6 Å². The predicted octanol–water partition coefficient (Wildman–Crippen LogP) is 0.548. The van der Waals surface area contributed by atoms with Gasteiger partial charge in [-0.3, -0.25) is 0 Å². The van der Waals surface area contributed by atoms with Crippen LogP contribution < -0.4 is 16.2 Å². The molecule has 1 aromatic heterocycles. The molecule has 0 aliphatic rings. The number of aromatic nitrogens is 2. The number of hydrogen-bond acceptors (Lipinski definition) is 7. The molecule has 0 spiro atoms. The first-order valence-corrected chi connectivity index (χ1v) is 6.36. The van der Waals surface area contributed by atoms with E-state index in [0.29, 0.717) is 16.8 Å². The maximum absolute atomic E-state index is 12.4. The average molecular weight is 279 g/mol. The van der Waals surface area contributed by atoms with E-state index in [9.17, 15) is 8.78 Å². The zero-order chi connectivity index (χ0) is 13.5. The van der Waals surface area contributed by atoms with Crippen molar-refractivity contribution in [2.75, 3.05) is 36.3 Å². The summed E-state index contributed by atoms with van der Waals surface area (Å²) in [5, 5.41) is 9.30. The molecule has 18 heavy (non-hydrogen) atoms. The second-order valence-electron chi connectivity index (χ2n) is 3.30. The molecule has 0 saturated carbocycles. The lowest BCUT2D eigenvalue weighted by molar-refractivity contribution is 0.152. The van der Waals surface area contributed by atoms with Gasteiger partial charge in [0.15, 0.2) is 5.16 Å². The standard InChI is InChI=1S/C9H15F2N5OS/c1-18-9-13-7(15-12)4-8(14-9)16(2-3-17)5-6(10)11/h4,6,17H,2-3,5,12H2,1H3,(H,13,14,15). The van der Waals surface area contributed by atoms with Crippen LogP contribution in [0.1, 0.15) is 0 Å². The van der Waals surface area contributed by atoms with E-state index in [2.05, 4.69) is 15.4 Å². The summed E-state index contributed by atoms with van der Waals surface area (Å²) in [6, 6.07) is 1.46. The van der Waals surface area contributed by atoms with Gasteiger partial charge in [-0.1, -0.05) is 11.8 Å². The van der Waals surface area contributed by atoms with E-state index in [1.807, 2.05) is 0 Å². The number of aliphatic hydroxyl groups excluding tert-OH is 1. The molecule has 0 amide bonds. The predicted molar refractivity (Wildman–Crippen MR) is 66.9 cm³/mol. The quantitative estimate of drug-likeness (QED) is 0.291. The maximum Gasteiger partial charge on any atom is 0.255 e. The lowest BCUT2D eigenvalue weighted by atomic mass is 10.4. The Morgan fingerprint density at radius 2 is 2.28 bits per heavy atom. The summed E-state index contributed by atoms with van der Waals surface area (Å²) in [5.41, 5.74) is 2.35. The summed E-state index contributed by atoms with van der Waals surface area (Å²) in [4.78, 5) is 9.43. The summed E-state index contributed by atoms with van der Waals surface area (Å²) >= 11 is 1.27. The third kappa shape index (κ3) is 4.24. The van der Waals surface area contributed by atoms with Crippen molar-refractivity contribution in [2.45, 2.75) is 11.6 Å². The number of alkyl halides is 2. The highest BCUT2D eigenvalue weighted by Gasteiger charge is 2.15. The molecule has 0 aromatic carbocycles. The van der Waals surface area contributed by atoms with Gasteiger partial charge in [0.05, 0.1) is 13.2 Å². The van der Waals surface area contributed by atoms with Gasteiger partial charge >= 0.3 is 0 Å². The first kappa shape index (κ1) is 14.9.